The lowest BCUT2D eigenvalue weighted by molar-refractivity contribution is 0.0646. The van der Waals surface area contributed by atoms with Crippen molar-refractivity contribution >= 4 is 62.0 Å². The van der Waals surface area contributed by atoms with Gasteiger partial charge < -0.3 is 0 Å². The molecule has 0 saturated heterocycles. The van der Waals surface area contributed by atoms with E-state index in [-0.39, 0.29) is 23.5 Å². The van der Waals surface area contributed by atoms with Crippen molar-refractivity contribution in [2.24, 2.45) is 0 Å². The van der Waals surface area contributed by atoms with Crippen molar-refractivity contribution < 1.29 is 31.5 Å². The molecule has 0 amide bonds. The zero-order chi connectivity index (χ0) is 21.7. The highest BCUT2D eigenvalue weighted by Crippen LogP contribution is 2.67. The third-order valence-electron chi connectivity index (χ3n) is 2.31. The van der Waals surface area contributed by atoms with Gasteiger partial charge in [0.15, 0.2) is 0 Å². The van der Waals surface area contributed by atoms with Crippen LogP contribution >= 0.6 is 62.0 Å². The third kappa shape index (κ3) is 13.9. The summed E-state index contributed by atoms with van der Waals surface area (Å²) in [6, 6.07) is 0. The summed E-state index contributed by atoms with van der Waals surface area (Å²) < 4.78 is 51.8. The summed E-state index contributed by atoms with van der Waals surface area (Å²) in [6.45, 7) is 12.1. The first-order chi connectivity index (χ1) is 12.5. The van der Waals surface area contributed by atoms with Gasteiger partial charge in [0.1, 0.15) is 0 Å². The van der Waals surface area contributed by atoms with Crippen molar-refractivity contribution in [3.8, 4) is 0 Å². The van der Waals surface area contributed by atoms with E-state index in [0.717, 1.165) is 0 Å². The van der Waals surface area contributed by atoms with Crippen molar-refractivity contribution in [3.05, 3.63) is 13.2 Å². The smallest absolute Gasteiger partial charge is 0.282 e. The molecule has 0 rings (SSSR count). The van der Waals surface area contributed by atoms with Crippen LogP contribution in [-0.2, 0) is 31.5 Å². The first-order valence-electron chi connectivity index (χ1n) is 7.91. The quantitative estimate of drug-likeness (QED) is 0.148. The van der Waals surface area contributed by atoms with Gasteiger partial charge in [-0.3, -0.25) is 18.1 Å². The number of alkyl halides is 4. The second-order valence-corrected chi connectivity index (χ2v) is 9.78. The molecule has 0 N–H and O–H groups in total. The molecule has 0 aromatic rings. The van der Waals surface area contributed by atoms with Crippen LogP contribution in [0.3, 0.4) is 0 Å². The lowest BCUT2D eigenvalue weighted by Gasteiger charge is -2.28. The van der Waals surface area contributed by atoms with E-state index in [9.17, 15) is 9.13 Å². The number of rotatable bonds is 14. The van der Waals surface area contributed by atoms with Crippen LogP contribution in [0.5, 0.6) is 0 Å². The maximum atomic E-state index is 12.9. The molecule has 0 fully saturated rings. The van der Waals surface area contributed by atoms with E-state index in [1.165, 1.54) is 27.7 Å². The fourth-order valence-electron chi connectivity index (χ4n) is 1.24. The van der Waals surface area contributed by atoms with Crippen LogP contribution in [-0.4, -0.2) is 47.9 Å². The first-order valence-corrected chi connectivity index (χ1v) is 13.0. The summed E-state index contributed by atoms with van der Waals surface area (Å²) >= 11 is 22.7. The van der Waals surface area contributed by atoms with Crippen molar-refractivity contribution in [2.45, 2.75) is 52.1 Å². The van der Waals surface area contributed by atoms with Crippen LogP contribution in [0.25, 0.3) is 0 Å². The van der Waals surface area contributed by atoms with E-state index in [1.807, 2.05) is 0 Å². The minimum Gasteiger partial charge on any atom is -0.282 e. The van der Waals surface area contributed by atoms with Gasteiger partial charge in [0.05, 0.1) is 24.4 Å². The fraction of sp³-hybridized carbons (Fsp3) is 0.857. The summed E-state index contributed by atoms with van der Waals surface area (Å²) in [5, 5.41) is 0. The van der Waals surface area contributed by atoms with Crippen LogP contribution in [0, 0.1) is 0 Å². The van der Waals surface area contributed by atoms with Gasteiger partial charge in [-0.2, -0.15) is 4.31 Å². The Bertz CT molecular complexity index is 414. The second kappa shape index (κ2) is 15.9. The molecular formula is C14H28Cl4O7P2. The van der Waals surface area contributed by atoms with Crippen molar-refractivity contribution in [1.29, 1.82) is 0 Å². The second-order valence-electron chi connectivity index (χ2n) is 5.26. The van der Waals surface area contributed by atoms with Crippen molar-refractivity contribution in [3.63, 3.8) is 0 Å². The highest BCUT2D eigenvalue weighted by atomic mass is 35.5. The molecule has 4 atom stereocenters. The molecule has 164 valence electrons. The van der Waals surface area contributed by atoms with Gasteiger partial charge in [0.2, 0.25) is 0 Å². The highest BCUT2D eigenvalue weighted by molar-refractivity contribution is 7.62. The Morgan fingerprint density at radius 2 is 0.815 bits per heavy atom. The van der Waals surface area contributed by atoms with Crippen LogP contribution in [0.15, 0.2) is 13.2 Å². The molecule has 0 heterocycles. The number of hydrogen-bond acceptors (Lipinski definition) is 7. The SMILES string of the molecule is C=C.CC(CCl)OP(=O)(OC(C)CCl)OP(=O)(OC(C)CCl)OC(C)CCl. The zero-order valence-electron chi connectivity index (χ0n) is 15.8. The zero-order valence-corrected chi connectivity index (χ0v) is 20.6. The van der Waals surface area contributed by atoms with Crippen LogP contribution < -0.4 is 0 Å². The molecule has 0 aliphatic heterocycles. The summed E-state index contributed by atoms with van der Waals surface area (Å²) in [6.07, 6.45) is -2.89. The Morgan fingerprint density at radius 1 is 0.630 bits per heavy atom. The monoisotopic (exact) mass is 510 g/mol. The van der Waals surface area contributed by atoms with Gasteiger partial charge in [-0.05, 0) is 27.7 Å². The van der Waals surface area contributed by atoms with E-state index in [4.69, 9.17) is 68.8 Å². The fourth-order valence-corrected chi connectivity index (χ4v) is 5.60. The third-order valence-corrected chi connectivity index (χ3v) is 8.12. The Morgan fingerprint density at radius 3 is 0.963 bits per heavy atom. The number of phosphoric acid groups is 2. The molecule has 0 bridgehead atoms. The highest BCUT2D eigenvalue weighted by Gasteiger charge is 2.44. The summed E-state index contributed by atoms with van der Waals surface area (Å²) in [5.74, 6) is -0.0232. The van der Waals surface area contributed by atoms with E-state index >= 15 is 0 Å². The molecule has 4 unspecified atom stereocenters. The van der Waals surface area contributed by atoms with Crippen LogP contribution in [0.1, 0.15) is 27.7 Å². The molecule has 0 spiro atoms. The minimum absolute atomic E-state index is 0.00581. The van der Waals surface area contributed by atoms with Gasteiger partial charge in [-0.25, -0.2) is 9.13 Å². The Kier molecular flexibility index (Phi) is 17.9. The van der Waals surface area contributed by atoms with Crippen molar-refractivity contribution in [1.82, 2.24) is 0 Å². The van der Waals surface area contributed by atoms with Gasteiger partial charge in [0, 0.05) is 23.5 Å². The van der Waals surface area contributed by atoms with Gasteiger partial charge in [-0.1, -0.05) is 0 Å². The van der Waals surface area contributed by atoms with E-state index in [0.29, 0.717) is 0 Å². The molecule has 7 nitrogen and oxygen atoms in total. The first kappa shape index (κ1) is 30.4. The Labute approximate surface area is 182 Å². The summed E-state index contributed by atoms with van der Waals surface area (Å²) in [7, 11) is -8.78. The number of phosphoric ester groups is 2. The predicted molar refractivity (Wildman–Crippen MR) is 113 cm³/mol. The maximum Gasteiger partial charge on any atom is 0.484 e. The molecule has 0 aliphatic carbocycles. The molecule has 0 radical (unpaired) electrons. The van der Waals surface area contributed by atoms with E-state index in [1.54, 1.807) is 0 Å². The van der Waals surface area contributed by atoms with Crippen molar-refractivity contribution in [2.75, 3.05) is 23.5 Å². The number of hydrogen-bond donors (Lipinski definition) is 0. The van der Waals surface area contributed by atoms with E-state index in [2.05, 4.69) is 13.2 Å². The normalized spacial score (nSPS) is 20.3. The Balaban J connectivity index is 0. The average Bonchev–Trinajstić information content (AvgIpc) is 2.61. The largest absolute Gasteiger partial charge is 0.484 e. The van der Waals surface area contributed by atoms with E-state index < -0.39 is 40.1 Å². The minimum atomic E-state index is -4.39. The molecule has 13 heteroatoms. The number of halogens is 4. The standard InChI is InChI=1S/C12H24Cl4O7P2.C2H4/c1-9(5-13)19-24(17,20-10(2)6-14)23-25(18,21-11(3)7-15)22-12(4)8-16;1-2/h9-12H,5-8H2,1-4H3;1-2H2. The Hall–Kier alpha value is 1.16. The van der Waals surface area contributed by atoms with Gasteiger partial charge in [0.25, 0.3) is 0 Å². The molecule has 0 aromatic heterocycles. The topological polar surface area (TPSA) is 80.3 Å². The molecule has 27 heavy (non-hydrogen) atoms. The lowest BCUT2D eigenvalue weighted by Crippen LogP contribution is -2.19. The lowest BCUT2D eigenvalue weighted by atomic mass is 10.5. The maximum absolute atomic E-state index is 12.9. The van der Waals surface area contributed by atoms with Gasteiger partial charge >= 0.3 is 15.6 Å². The summed E-state index contributed by atoms with van der Waals surface area (Å²) in [4.78, 5) is 0. The average molecular weight is 512 g/mol. The summed E-state index contributed by atoms with van der Waals surface area (Å²) in [5.41, 5.74) is 0. The molecule has 0 saturated carbocycles. The molecule has 0 aromatic carbocycles. The predicted octanol–water partition coefficient (Wildman–Crippen LogP) is 6.60. The van der Waals surface area contributed by atoms with Crippen LogP contribution in [0.2, 0.25) is 0 Å². The molecular weight excluding hydrogens is 484 g/mol. The van der Waals surface area contributed by atoms with Gasteiger partial charge in [-0.15, -0.1) is 59.6 Å². The molecule has 0 aliphatic rings. The van der Waals surface area contributed by atoms with Crippen LogP contribution in [0.4, 0.5) is 0 Å².